The van der Waals surface area contributed by atoms with E-state index in [0.717, 1.165) is 11.1 Å². The molecule has 1 N–H and O–H groups in total. The van der Waals surface area contributed by atoms with E-state index in [9.17, 15) is 9.90 Å². The Morgan fingerprint density at radius 1 is 1.32 bits per heavy atom. The number of ether oxygens (including phenoxy) is 1. The molecule has 100 valence electrons. The molecular formula is C15H17NO3. The fourth-order valence-corrected chi connectivity index (χ4v) is 2.16. The van der Waals surface area contributed by atoms with Crippen LogP contribution in [0.1, 0.15) is 18.4 Å². The third-order valence-electron chi connectivity index (χ3n) is 3.14. The molecule has 0 fully saturated rings. The number of hydrogen-bond donors (Lipinski definition) is 1. The largest absolute Gasteiger partial charge is 0.510 e. The molecule has 0 bridgehead atoms. The van der Waals surface area contributed by atoms with Gasteiger partial charge in [-0.2, -0.15) is 0 Å². The average molecular weight is 259 g/mol. The van der Waals surface area contributed by atoms with E-state index in [1.165, 1.54) is 0 Å². The number of carbonyl (C=O) groups excluding carboxylic acids is 1. The lowest BCUT2D eigenvalue weighted by Crippen LogP contribution is -2.18. The molecule has 0 spiro atoms. The molecule has 2 rings (SSSR count). The monoisotopic (exact) mass is 259 g/mol. The number of aliphatic hydroxyl groups excluding tert-OH is 1. The van der Waals surface area contributed by atoms with Crippen LogP contribution < -0.4 is 0 Å². The van der Waals surface area contributed by atoms with Gasteiger partial charge in [0.1, 0.15) is 11.9 Å². The molecule has 19 heavy (non-hydrogen) atoms. The lowest BCUT2D eigenvalue weighted by molar-refractivity contribution is -0.133. The van der Waals surface area contributed by atoms with Crippen molar-refractivity contribution < 1.29 is 14.6 Å². The van der Waals surface area contributed by atoms with E-state index in [2.05, 4.69) is 4.99 Å². The van der Waals surface area contributed by atoms with Crippen LogP contribution in [0.5, 0.6) is 0 Å². The predicted molar refractivity (Wildman–Crippen MR) is 73.3 cm³/mol. The van der Waals surface area contributed by atoms with E-state index in [4.69, 9.17) is 4.74 Å². The molecule has 1 aliphatic rings. The molecular weight excluding hydrogens is 242 g/mol. The van der Waals surface area contributed by atoms with Crippen LogP contribution in [0.4, 0.5) is 0 Å². The number of benzene rings is 1. The molecule has 1 aromatic rings. The second-order valence-corrected chi connectivity index (χ2v) is 4.53. The molecule has 0 saturated carbocycles. The number of carbonyl (C=O) groups is 1. The Bertz CT molecular complexity index is 479. The van der Waals surface area contributed by atoms with Crippen molar-refractivity contribution in [2.24, 2.45) is 4.99 Å². The van der Waals surface area contributed by atoms with E-state index in [0.29, 0.717) is 38.0 Å². The summed E-state index contributed by atoms with van der Waals surface area (Å²) in [6, 6.07) is 9.86. The molecule has 0 amide bonds. The van der Waals surface area contributed by atoms with Gasteiger partial charge in [-0.3, -0.25) is 9.79 Å². The molecule has 4 heteroatoms. The van der Waals surface area contributed by atoms with Crippen LogP contribution in [0.25, 0.3) is 0 Å². The SMILES string of the molecule is O=COC(CC1=C(O)CN=CC1)Cc1ccccc1. The zero-order valence-corrected chi connectivity index (χ0v) is 10.7. The van der Waals surface area contributed by atoms with E-state index >= 15 is 0 Å². The van der Waals surface area contributed by atoms with Crippen LogP contribution in [0, 0.1) is 0 Å². The minimum Gasteiger partial charge on any atom is -0.510 e. The zero-order valence-electron chi connectivity index (χ0n) is 10.7. The summed E-state index contributed by atoms with van der Waals surface area (Å²) in [5.74, 6) is 0.301. The Morgan fingerprint density at radius 3 is 2.79 bits per heavy atom. The Labute approximate surface area is 112 Å². The molecule has 4 nitrogen and oxygen atoms in total. The van der Waals surface area contributed by atoms with Gasteiger partial charge in [-0.1, -0.05) is 30.3 Å². The third kappa shape index (κ3) is 3.95. The summed E-state index contributed by atoms with van der Waals surface area (Å²) in [5.41, 5.74) is 2.01. The van der Waals surface area contributed by atoms with Crippen molar-refractivity contribution in [3.05, 3.63) is 47.2 Å². The molecule has 1 unspecified atom stereocenters. The molecule has 0 radical (unpaired) electrons. The smallest absolute Gasteiger partial charge is 0.293 e. The minimum atomic E-state index is -0.247. The van der Waals surface area contributed by atoms with Crippen LogP contribution in [0.3, 0.4) is 0 Å². The maximum atomic E-state index is 10.6. The quantitative estimate of drug-likeness (QED) is 0.798. The molecule has 1 aromatic carbocycles. The number of hydrogen-bond acceptors (Lipinski definition) is 4. The van der Waals surface area contributed by atoms with Gasteiger partial charge in [-0.05, 0) is 11.1 Å². The second kappa shape index (κ2) is 6.73. The first-order chi connectivity index (χ1) is 9.29. The van der Waals surface area contributed by atoms with Crippen molar-refractivity contribution in [3.63, 3.8) is 0 Å². The lowest BCUT2D eigenvalue weighted by Gasteiger charge is -2.19. The number of rotatable bonds is 6. The second-order valence-electron chi connectivity index (χ2n) is 4.53. The molecule has 1 atom stereocenters. The van der Waals surface area contributed by atoms with E-state index in [-0.39, 0.29) is 6.10 Å². The van der Waals surface area contributed by atoms with Gasteiger partial charge in [-0.15, -0.1) is 0 Å². The van der Waals surface area contributed by atoms with Crippen molar-refractivity contribution in [1.82, 2.24) is 0 Å². The summed E-state index contributed by atoms with van der Waals surface area (Å²) in [6.45, 7) is 0.802. The molecule has 0 aromatic heterocycles. The fourth-order valence-electron chi connectivity index (χ4n) is 2.16. The van der Waals surface area contributed by atoms with Crippen molar-refractivity contribution in [3.8, 4) is 0 Å². The van der Waals surface area contributed by atoms with Crippen LogP contribution in [0.2, 0.25) is 0 Å². The average Bonchev–Trinajstić information content (AvgIpc) is 2.43. The number of dihydropyridines is 1. The summed E-state index contributed by atoms with van der Waals surface area (Å²) in [7, 11) is 0. The first-order valence-corrected chi connectivity index (χ1v) is 6.30. The predicted octanol–water partition coefficient (Wildman–Crippen LogP) is 2.45. The summed E-state index contributed by atoms with van der Waals surface area (Å²) in [4.78, 5) is 14.6. The maximum absolute atomic E-state index is 10.6. The van der Waals surface area contributed by atoms with Gasteiger partial charge < -0.3 is 9.84 Å². The van der Waals surface area contributed by atoms with Gasteiger partial charge in [0.25, 0.3) is 6.47 Å². The van der Waals surface area contributed by atoms with Gasteiger partial charge in [-0.25, -0.2) is 0 Å². The minimum absolute atomic E-state index is 0.247. The van der Waals surface area contributed by atoms with E-state index in [1.807, 2.05) is 30.3 Å². The fraction of sp³-hybridized carbons (Fsp3) is 0.333. The topological polar surface area (TPSA) is 58.9 Å². The highest BCUT2D eigenvalue weighted by molar-refractivity contribution is 5.63. The number of nitrogens with zero attached hydrogens (tertiary/aromatic N) is 1. The van der Waals surface area contributed by atoms with Crippen LogP contribution >= 0.6 is 0 Å². The Hall–Kier alpha value is -2.10. The Kier molecular flexibility index (Phi) is 4.72. The maximum Gasteiger partial charge on any atom is 0.293 e. The van der Waals surface area contributed by atoms with Crippen molar-refractivity contribution in [2.75, 3.05) is 6.54 Å². The Balaban J connectivity index is 2.02. The molecule has 0 aliphatic carbocycles. The van der Waals surface area contributed by atoms with Gasteiger partial charge in [0, 0.05) is 25.5 Å². The lowest BCUT2D eigenvalue weighted by atomic mass is 9.98. The van der Waals surface area contributed by atoms with Gasteiger partial charge in [0.05, 0.1) is 6.54 Å². The summed E-state index contributed by atoms with van der Waals surface area (Å²) in [5, 5.41) is 9.77. The summed E-state index contributed by atoms with van der Waals surface area (Å²) in [6.07, 6.45) is 3.36. The molecule has 1 heterocycles. The molecule has 1 aliphatic heterocycles. The summed E-state index contributed by atoms with van der Waals surface area (Å²) < 4.78 is 5.13. The standard InChI is InChI=1S/C15H17NO3/c17-11-19-14(8-12-4-2-1-3-5-12)9-13-6-7-16-10-15(13)18/h1-5,7,11,14,18H,6,8-10H2. The van der Waals surface area contributed by atoms with Crippen LogP contribution in [-0.2, 0) is 16.0 Å². The number of aliphatic imine (C=N–C) groups is 1. The highest BCUT2D eigenvalue weighted by atomic mass is 16.5. The van der Waals surface area contributed by atoms with Crippen LogP contribution in [-0.4, -0.2) is 30.4 Å². The molecule has 0 saturated heterocycles. The first kappa shape index (κ1) is 13.3. The normalized spacial score (nSPS) is 16.2. The van der Waals surface area contributed by atoms with Crippen molar-refractivity contribution in [2.45, 2.75) is 25.4 Å². The van der Waals surface area contributed by atoms with Crippen LogP contribution in [0.15, 0.2) is 46.7 Å². The third-order valence-corrected chi connectivity index (χ3v) is 3.14. The highest BCUT2D eigenvalue weighted by Crippen LogP contribution is 2.20. The number of aliphatic hydroxyl groups is 1. The van der Waals surface area contributed by atoms with Gasteiger partial charge >= 0.3 is 0 Å². The Morgan fingerprint density at radius 2 is 2.11 bits per heavy atom. The van der Waals surface area contributed by atoms with Crippen molar-refractivity contribution >= 4 is 12.7 Å². The highest BCUT2D eigenvalue weighted by Gasteiger charge is 2.17. The van der Waals surface area contributed by atoms with Gasteiger partial charge in [0.2, 0.25) is 0 Å². The summed E-state index contributed by atoms with van der Waals surface area (Å²) >= 11 is 0. The van der Waals surface area contributed by atoms with E-state index in [1.54, 1.807) is 6.21 Å². The first-order valence-electron chi connectivity index (χ1n) is 6.30. The van der Waals surface area contributed by atoms with E-state index < -0.39 is 0 Å². The zero-order chi connectivity index (χ0) is 13.5. The van der Waals surface area contributed by atoms with Crippen molar-refractivity contribution in [1.29, 1.82) is 0 Å². The van der Waals surface area contributed by atoms with Gasteiger partial charge in [0.15, 0.2) is 0 Å².